The first kappa shape index (κ1) is 12.2. The van der Waals surface area contributed by atoms with E-state index >= 15 is 0 Å². The summed E-state index contributed by atoms with van der Waals surface area (Å²) in [6.07, 6.45) is 22.0. The topological polar surface area (TPSA) is 12.9 Å². The lowest BCUT2D eigenvalue weighted by Gasteiger charge is -2.57. The minimum atomic E-state index is -0.0293. The van der Waals surface area contributed by atoms with Crippen LogP contribution in [-0.4, -0.2) is 4.98 Å². The Morgan fingerprint density at radius 3 is 2.00 bits per heavy atom. The Labute approximate surface area is 130 Å². The smallest absolute Gasteiger partial charge is 0.0349 e. The third kappa shape index (κ3) is 1.09. The van der Waals surface area contributed by atoms with Crippen LogP contribution in [0.3, 0.4) is 0 Å². The zero-order chi connectivity index (χ0) is 14.9. The van der Waals surface area contributed by atoms with Crippen molar-refractivity contribution in [3.05, 3.63) is 89.3 Å². The van der Waals surface area contributed by atoms with Crippen LogP contribution >= 0.6 is 0 Å². The van der Waals surface area contributed by atoms with Crippen molar-refractivity contribution in [2.75, 3.05) is 0 Å². The van der Waals surface area contributed by atoms with Gasteiger partial charge in [0.15, 0.2) is 0 Å². The molecule has 0 aliphatic heterocycles. The van der Waals surface area contributed by atoms with Crippen molar-refractivity contribution < 1.29 is 0 Å². The fourth-order valence-corrected chi connectivity index (χ4v) is 4.78. The molecule has 0 N–H and O–H groups in total. The number of nitrogens with zero attached hydrogens (tertiary/aromatic N) is 1. The molecular weight excluding hydrogens is 266 g/mol. The highest BCUT2D eigenvalue weighted by Crippen LogP contribution is 2.69. The van der Waals surface area contributed by atoms with Crippen molar-refractivity contribution in [2.24, 2.45) is 10.8 Å². The van der Waals surface area contributed by atoms with Gasteiger partial charge < -0.3 is 0 Å². The summed E-state index contributed by atoms with van der Waals surface area (Å²) in [5.74, 6) is 0. The van der Waals surface area contributed by atoms with E-state index in [1.165, 1.54) is 33.4 Å². The minimum Gasteiger partial charge on any atom is -0.264 e. The van der Waals surface area contributed by atoms with Crippen molar-refractivity contribution in [3.63, 3.8) is 0 Å². The van der Waals surface area contributed by atoms with E-state index in [2.05, 4.69) is 73.5 Å². The number of fused-ring (bicyclic) bond motifs is 3. The predicted octanol–water partition coefficient (Wildman–Crippen LogP) is 4.88. The maximum absolute atomic E-state index is 4.40. The molecule has 4 aliphatic carbocycles. The van der Waals surface area contributed by atoms with Gasteiger partial charge in [-0.1, -0.05) is 62.5 Å². The Bertz CT molecular complexity index is 829. The molecule has 0 bridgehead atoms. The molecule has 0 amide bonds. The van der Waals surface area contributed by atoms with E-state index in [1.807, 2.05) is 12.4 Å². The van der Waals surface area contributed by atoms with Crippen LogP contribution in [0.2, 0.25) is 0 Å². The first-order chi connectivity index (χ1) is 10.7. The number of rotatable bonds is 0. The lowest BCUT2D eigenvalue weighted by molar-refractivity contribution is 0.303. The average Bonchev–Trinajstić information content (AvgIpc) is 2.54. The van der Waals surface area contributed by atoms with Crippen LogP contribution in [-0.2, 0) is 0 Å². The maximum atomic E-state index is 4.40. The molecule has 0 unspecified atom stereocenters. The molecule has 22 heavy (non-hydrogen) atoms. The highest BCUT2D eigenvalue weighted by molar-refractivity contribution is 5.97. The molecule has 5 rings (SSSR count). The number of hydrogen-bond donors (Lipinski definition) is 0. The third-order valence-corrected chi connectivity index (χ3v) is 6.15. The predicted molar refractivity (Wildman–Crippen MR) is 90.9 cm³/mol. The monoisotopic (exact) mass is 283 g/mol. The largest absolute Gasteiger partial charge is 0.264 e. The SMILES string of the molecule is C[C@@]12C3=CC=C4C=CC=C(c5cnccc5C1=CC=C3)[C@@]42C. The van der Waals surface area contributed by atoms with E-state index in [4.69, 9.17) is 0 Å². The number of pyridine rings is 1. The fourth-order valence-electron chi connectivity index (χ4n) is 4.78. The molecule has 0 saturated heterocycles. The Morgan fingerprint density at radius 2 is 1.36 bits per heavy atom. The van der Waals surface area contributed by atoms with E-state index in [-0.39, 0.29) is 10.8 Å². The van der Waals surface area contributed by atoms with Gasteiger partial charge in [-0.3, -0.25) is 4.98 Å². The minimum absolute atomic E-state index is 0.0171. The summed E-state index contributed by atoms with van der Waals surface area (Å²) in [7, 11) is 0. The molecule has 1 aromatic heterocycles. The molecule has 0 radical (unpaired) electrons. The van der Waals surface area contributed by atoms with Crippen molar-refractivity contribution in [3.8, 4) is 0 Å². The summed E-state index contributed by atoms with van der Waals surface area (Å²) in [6, 6.07) is 2.17. The Balaban J connectivity index is 2.00. The number of hydrogen-bond acceptors (Lipinski definition) is 1. The van der Waals surface area contributed by atoms with Gasteiger partial charge in [0.25, 0.3) is 0 Å². The van der Waals surface area contributed by atoms with Gasteiger partial charge in [0.05, 0.1) is 0 Å². The van der Waals surface area contributed by atoms with Crippen LogP contribution in [0.1, 0.15) is 25.0 Å². The van der Waals surface area contributed by atoms with Crippen LogP contribution in [0.5, 0.6) is 0 Å². The van der Waals surface area contributed by atoms with E-state index in [9.17, 15) is 0 Å². The van der Waals surface area contributed by atoms with Gasteiger partial charge in [-0.2, -0.15) is 0 Å². The first-order valence-electron chi connectivity index (χ1n) is 7.83. The quantitative estimate of drug-likeness (QED) is 0.661. The van der Waals surface area contributed by atoms with Gasteiger partial charge in [0.1, 0.15) is 0 Å². The van der Waals surface area contributed by atoms with Crippen LogP contribution in [0.4, 0.5) is 0 Å². The third-order valence-electron chi connectivity index (χ3n) is 6.15. The van der Waals surface area contributed by atoms with E-state index in [1.54, 1.807) is 0 Å². The number of aromatic nitrogens is 1. The van der Waals surface area contributed by atoms with Gasteiger partial charge in [-0.05, 0) is 33.9 Å². The number of allylic oxidation sites excluding steroid dienone is 12. The van der Waals surface area contributed by atoms with Crippen LogP contribution in [0.15, 0.2) is 78.2 Å². The highest BCUT2D eigenvalue weighted by Gasteiger charge is 2.58. The molecule has 106 valence electrons. The molecule has 1 heteroatoms. The van der Waals surface area contributed by atoms with Gasteiger partial charge in [0.2, 0.25) is 0 Å². The van der Waals surface area contributed by atoms with Crippen molar-refractivity contribution >= 4 is 11.1 Å². The Morgan fingerprint density at radius 1 is 0.773 bits per heavy atom. The first-order valence-corrected chi connectivity index (χ1v) is 7.83. The molecule has 0 spiro atoms. The summed E-state index contributed by atoms with van der Waals surface area (Å²) in [4.78, 5) is 4.40. The molecule has 1 heterocycles. The average molecular weight is 283 g/mol. The molecule has 0 aromatic carbocycles. The van der Waals surface area contributed by atoms with Gasteiger partial charge in [-0.25, -0.2) is 0 Å². The highest BCUT2D eigenvalue weighted by atomic mass is 14.7. The molecule has 4 aliphatic rings. The fraction of sp³-hybridized carbons (Fsp3) is 0.190. The van der Waals surface area contributed by atoms with E-state index in [0.29, 0.717) is 0 Å². The molecule has 0 saturated carbocycles. The van der Waals surface area contributed by atoms with Gasteiger partial charge in [0, 0.05) is 28.8 Å². The van der Waals surface area contributed by atoms with Gasteiger partial charge >= 0.3 is 0 Å². The second kappa shape index (κ2) is 3.67. The summed E-state index contributed by atoms with van der Waals surface area (Å²) in [5.41, 5.74) is 8.17. The molecule has 2 atom stereocenters. The normalized spacial score (nSPS) is 33.2. The molecule has 0 fully saturated rings. The van der Waals surface area contributed by atoms with Gasteiger partial charge in [-0.15, -0.1) is 0 Å². The molecule has 1 nitrogen and oxygen atoms in total. The second-order valence-electron chi connectivity index (χ2n) is 6.79. The lowest BCUT2D eigenvalue weighted by atomic mass is 9.44. The van der Waals surface area contributed by atoms with Crippen molar-refractivity contribution in [1.82, 2.24) is 4.98 Å². The zero-order valence-corrected chi connectivity index (χ0v) is 12.8. The van der Waals surface area contributed by atoms with Crippen molar-refractivity contribution in [2.45, 2.75) is 13.8 Å². The summed E-state index contributed by atoms with van der Waals surface area (Å²) >= 11 is 0. The zero-order valence-electron chi connectivity index (χ0n) is 12.8. The second-order valence-corrected chi connectivity index (χ2v) is 6.79. The maximum Gasteiger partial charge on any atom is 0.0349 e. The summed E-state index contributed by atoms with van der Waals surface area (Å²) in [5, 5.41) is 0. The Hall–Kier alpha value is -2.41. The van der Waals surface area contributed by atoms with Crippen molar-refractivity contribution in [1.29, 1.82) is 0 Å². The van der Waals surface area contributed by atoms with Crippen LogP contribution in [0, 0.1) is 10.8 Å². The molecule has 1 aromatic rings. The Kier molecular flexibility index (Phi) is 2.03. The van der Waals surface area contributed by atoms with Crippen LogP contribution in [0.25, 0.3) is 11.1 Å². The van der Waals surface area contributed by atoms with E-state index in [0.717, 1.165) is 0 Å². The summed E-state index contributed by atoms with van der Waals surface area (Å²) < 4.78 is 0. The summed E-state index contributed by atoms with van der Waals surface area (Å²) in [6.45, 7) is 4.79. The standard InChI is InChI=1S/C21H17N/c1-20-14-5-3-7-18(20)16-11-12-22-13-17(16)19-8-4-6-15(10-9-14)21(19,20)2/h3-13H,1-2H3/t20-,21-/m1/s1. The van der Waals surface area contributed by atoms with E-state index < -0.39 is 0 Å². The van der Waals surface area contributed by atoms with Crippen LogP contribution < -0.4 is 0 Å². The molecular formula is C21H17N. The lowest BCUT2D eigenvalue weighted by Crippen LogP contribution is -2.47.